The molecule has 0 N–H and O–H groups in total. The molecule has 15 heavy (non-hydrogen) atoms. The Balaban J connectivity index is 2.24. The van der Waals surface area contributed by atoms with Crippen molar-refractivity contribution in [3.8, 4) is 5.75 Å². The third-order valence-electron chi connectivity index (χ3n) is 2.29. The van der Waals surface area contributed by atoms with E-state index < -0.39 is 6.10 Å². The number of rotatable bonds is 2. The summed E-state index contributed by atoms with van der Waals surface area (Å²) in [5.41, 5.74) is 1.56. The van der Waals surface area contributed by atoms with E-state index in [1.54, 1.807) is 6.92 Å². The van der Waals surface area contributed by atoms with Gasteiger partial charge in [0.15, 0.2) is 0 Å². The van der Waals surface area contributed by atoms with Crippen molar-refractivity contribution in [2.24, 2.45) is 0 Å². The fourth-order valence-electron chi connectivity index (χ4n) is 1.58. The van der Waals surface area contributed by atoms with E-state index in [-0.39, 0.29) is 5.97 Å². The Morgan fingerprint density at radius 3 is 2.93 bits per heavy atom. The summed E-state index contributed by atoms with van der Waals surface area (Å²) in [6.45, 7) is 5.97. The molecule has 78 valence electrons. The zero-order valence-corrected chi connectivity index (χ0v) is 8.53. The minimum Gasteiger partial charge on any atom is -0.473 e. The van der Waals surface area contributed by atoms with Gasteiger partial charge in [-0.1, -0.05) is 24.8 Å². The third kappa shape index (κ3) is 1.61. The summed E-state index contributed by atoms with van der Waals surface area (Å²) in [5.74, 6) is 0.319. The number of esters is 1. The first-order valence-corrected chi connectivity index (χ1v) is 4.85. The summed E-state index contributed by atoms with van der Waals surface area (Å²) in [4.78, 5) is 11.5. The molecular formula is C12H12O3. The van der Waals surface area contributed by atoms with E-state index >= 15 is 0 Å². The molecule has 1 atom stereocenters. The molecule has 0 radical (unpaired) electrons. The molecule has 0 bridgehead atoms. The SMILES string of the molecule is C=C1c2ccccc2OC1C(=O)OCC. The number of carbonyl (C=O) groups is 1. The zero-order chi connectivity index (χ0) is 10.8. The smallest absolute Gasteiger partial charge is 0.352 e. The molecule has 1 unspecified atom stereocenters. The lowest BCUT2D eigenvalue weighted by atomic mass is 10.1. The minimum absolute atomic E-state index is 0.350. The summed E-state index contributed by atoms with van der Waals surface area (Å²) >= 11 is 0. The number of ether oxygens (including phenoxy) is 2. The van der Waals surface area contributed by atoms with Crippen molar-refractivity contribution in [3.05, 3.63) is 36.4 Å². The van der Waals surface area contributed by atoms with Crippen molar-refractivity contribution in [2.45, 2.75) is 13.0 Å². The van der Waals surface area contributed by atoms with E-state index in [4.69, 9.17) is 9.47 Å². The van der Waals surface area contributed by atoms with E-state index in [9.17, 15) is 4.79 Å². The fraction of sp³-hybridized carbons (Fsp3) is 0.250. The predicted molar refractivity (Wildman–Crippen MR) is 56.5 cm³/mol. The van der Waals surface area contributed by atoms with Gasteiger partial charge in [-0.15, -0.1) is 0 Å². The summed E-state index contributed by atoms with van der Waals surface area (Å²) in [6, 6.07) is 7.46. The number of fused-ring (bicyclic) bond motifs is 1. The molecule has 1 aliphatic heterocycles. The monoisotopic (exact) mass is 204 g/mol. The van der Waals surface area contributed by atoms with E-state index in [2.05, 4.69) is 6.58 Å². The van der Waals surface area contributed by atoms with Crippen molar-refractivity contribution >= 4 is 11.5 Å². The second kappa shape index (κ2) is 3.77. The first-order chi connectivity index (χ1) is 7.24. The lowest BCUT2D eigenvalue weighted by Gasteiger charge is -2.09. The fourth-order valence-corrected chi connectivity index (χ4v) is 1.58. The van der Waals surface area contributed by atoms with Gasteiger partial charge in [0, 0.05) is 11.1 Å². The maximum Gasteiger partial charge on any atom is 0.352 e. The Morgan fingerprint density at radius 2 is 2.27 bits per heavy atom. The van der Waals surface area contributed by atoms with Crippen LogP contribution in [0.25, 0.3) is 5.57 Å². The van der Waals surface area contributed by atoms with Crippen LogP contribution in [0, 0.1) is 0 Å². The van der Waals surface area contributed by atoms with E-state index in [0.717, 1.165) is 5.56 Å². The highest BCUT2D eigenvalue weighted by Gasteiger charge is 2.33. The molecule has 3 nitrogen and oxygen atoms in total. The maximum atomic E-state index is 11.5. The summed E-state index contributed by atoms with van der Waals surface area (Å²) in [7, 11) is 0. The van der Waals surface area contributed by atoms with Crippen molar-refractivity contribution in [2.75, 3.05) is 6.61 Å². The predicted octanol–water partition coefficient (Wildman–Crippen LogP) is 2.02. The van der Waals surface area contributed by atoms with Gasteiger partial charge in [0.1, 0.15) is 5.75 Å². The number of benzene rings is 1. The van der Waals surface area contributed by atoms with Crippen LogP contribution < -0.4 is 4.74 Å². The van der Waals surface area contributed by atoms with E-state index in [0.29, 0.717) is 17.9 Å². The molecular weight excluding hydrogens is 192 g/mol. The Labute approximate surface area is 88.3 Å². The number of hydrogen-bond acceptors (Lipinski definition) is 3. The Kier molecular flexibility index (Phi) is 2.46. The van der Waals surface area contributed by atoms with Gasteiger partial charge in [0.25, 0.3) is 0 Å². The van der Waals surface area contributed by atoms with Gasteiger partial charge in [0.2, 0.25) is 6.10 Å². The van der Waals surface area contributed by atoms with Gasteiger partial charge in [-0.25, -0.2) is 4.79 Å². The maximum absolute atomic E-state index is 11.5. The van der Waals surface area contributed by atoms with Gasteiger partial charge in [0.05, 0.1) is 6.61 Å². The Hall–Kier alpha value is -1.77. The molecule has 0 aromatic heterocycles. The second-order valence-electron chi connectivity index (χ2n) is 3.27. The highest BCUT2D eigenvalue weighted by molar-refractivity contribution is 5.94. The van der Waals surface area contributed by atoms with Crippen molar-refractivity contribution in [1.82, 2.24) is 0 Å². The third-order valence-corrected chi connectivity index (χ3v) is 2.29. The van der Waals surface area contributed by atoms with Crippen LogP contribution in [0.4, 0.5) is 0 Å². The van der Waals surface area contributed by atoms with Crippen LogP contribution in [0.3, 0.4) is 0 Å². The highest BCUT2D eigenvalue weighted by atomic mass is 16.6. The average Bonchev–Trinajstić information content (AvgIpc) is 2.57. The minimum atomic E-state index is -0.678. The second-order valence-corrected chi connectivity index (χ2v) is 3.27. The molecule has 0 saturated carbocycles. The number of hydrogen-bond donors (Lipinski definition) is 0. The zero-order valence-electron chi connectivity index (χ0n) is 8.53. The lowest BCUT2D eigenvalue weighted by Crippen LogP contribution is -2.26. The van der Waals surface area contributed by atoms with Gasteiger partial charge >= 0.3 is 5.97 Å². The average molecular weight is 204 g/mol. The van der Waals surface area contributed by atoms with Gasteiger partial charge in [-0.2, -0.15) is 0 Å². The highest BCUT2D eigenvalue weighted by Crippen LogP contribution is 2.36. The van der Waals surface area contributed by atoms with Crippen molar-refractivity contribution in [1.29, 1.82) is 0 Å². The Morgan fingerprint density at radius 1 is 1.53 bits per heavy atom. The number of para-hydroxylation sites is 1. The van der Waals surface area contributed by atoms with Crippen LogP contribution >= 0.6 is 0 Å². The first kappa shape index (κ1) is 9.77. The van der Waals surface area contributed by atoms with Crippen LogP contribution in [0.2, 0.25) is 0 Å². The lowest BCUT2D eigenvalue weighted by molar-refractivity contribution is -0.148. The molecule has 1 aromatic carbocycles. The molecule has 3 heteroatoms. The summed E-state index contributed by atoms with van der Waals surface area (Å²) in [5, 5.41) is 0. The molecule has 1 aromatic rings. The largest absolute Gasteiger partial charge is 0.473 e. The molecule has 0 spiro atoms. The molecule has 1 aliphatic rings. The molecule has 0 saturated heterocycles. The molecule has 0 amide bonds. The molecule has 0 fully saturated rings. The summed E-state index contributed by atoms with van der Waals surface area (Å²) in [6.07, 6.45) is -0.678. The van der Waals surface area contributed by atoms with Crippen LogP contribution in [0.5, 0.6) is 5.75 Å². The standard InChI is InChI=1S/C12H12O3/c1-3-14-12(13)11-8(2)9-6-4-5-7-10(9)15-11/h4-7,11H,2-3H2,1H3. The quantitative estimate of drug-likeness (QED) is 0.691. The Bertz CT molecular complexity index is 409. The van der Waals surface area contributed by atoms with Crippen LogP contribution in [-0.2, 0) is 9.53 Å². The molecule has 0 aliphatic carbocycles. The van der Waals surface area contributed by atoms with Crippen LogP contribution in [0.1, 0.15) is 12.5 Å². The van der Waals surface area contributed by atoms with Crippen molar-refractivity contribution in [3.63, 3.8) is 0 Å². The number of carbonyl (C=O) groups excluding carboxylic acids is 1. The molecule has 2 rings (SSSR count). The van der Waals surface area contributed by atoms with E-state index in [1.807, 2.05) is 24.3 Å². The molecule has 1 heterocycles. The van der Waals surface area contributed by atoms with Crippen LogP contribution in [-0.4, -0.2) is 18.7 Å². The van der Waals surface area contributed by atoms with E-state index in [1.165, 1.54) is 0 Å². The van der Waals surface area contributed by atoms with Crippen molar-refractivity contribution < 1.29 is 14.3 Å². The normalized spacial score (nSPS) is 18.2. The van der Waals surface area contributed by atoms with Crippen LogP contribution in [0.15, 0.2) is 30.8 Å². The van der Waals surface area contributed by atoms with Gasteiger partial charge in [-0.05, 0) is 13.0 Å². The van der Waals surface area contributed by atoms with Gasteiger partial charge in [-0.3, -0.25) is 0 Å². The topological polar surface area (TPSA) is 35.5 Å². The summed E-state index contributed by atoms with van der Waals surface area (Å²) < 4.78 is 10.4. The van der Waals surface area contributed by atoms with Gasteiger partial charge < -0.3 is 9.47 Å². The first-order valence-electron chi connectivity index (χ1n) is 4.85.